The molecule has 2 aromatic rings. The van der Waals surface area contributed by atoms with Crippen molar-refractivity contribution >= 4 is 21.6 Å². The van der Waals surface area contributed by atoms with Gasteiger partial charge >= 0.3 is 0 Å². The number of ether oxygens (including phenoxy) is 1. The van der Waals surface area contributed by atoms with Crippen LogP contribution >= 0.6 is 15.9 Å². The van der Waals surface area contributed by atoms with E-state index in [9.17, 15) is 0 Å². The maximum absolute atomic E-state index is 5.89. The summed E-state index contributed by atoms with van der Waals surface area (Å²) in [4.78, 5) is 4.21. The Labute approximate surface area is 109 Å². The van der Waals surface area contributed by atoms with Gasteiger partial charge in [-0.2, -0.15) is 0 Å². The van der Waals surface area contributed by atoms with E-state index in [0.29, 0.717) is 17.3 Å². The Kier molecular flexibility index (Phi) is 3.33. The third kappa shape index (κ3) is 2.77. The van der Waals surface area contributed by atoms with Crippen LogP contribution in [0.5, 0.6) is 11.6 Å². The highest BCUT2D eigenvalue weighted by molar-refractivity contribution is 9.10. The minimum atomic E-state index is 0.573. The fourth-order valence-electron chi connectivity index (χ4n) is 1.50. The van der Waals surface area contributed by atoms with Crippen molar-refractivity contribution in [1.29, 1.82) is 0 Å². The van der Waals surface area contributed by atoms with E-state index in [1.54, 1.807) is 6.20 Å². The van der Waals surface area contributed by atoms with Gasteiger partial charge in [0.2, 0.25) is 5.88 Å². The molecule has 0 saturated heterocycles. The third-order valence-electron chi connectivity index (χ3n) is 2.37. The van der Waals surface area contributed by atoms with E-state index in [2.05, 4.69) is 20.9 Å². The van der Waals surface area contributed by atoms with Gasteiger partial charge in [0.15, 0.2) is 5.75 Å². The van der Waals surface area contributed by atoms with Crippen LogP contribution in [0, 0.1) is 13.8 Å². The number of aryl methyl sites for hydroxylation is 2. The second-order valence-corrected chi connectivity index (χ2v) is 4.83. The van der Waals surface area contributed by atoms with Gasteiger partial charge in [0.25, 0.3) is 0 Å². The Hall–Kier alpha value is -1.55. The lowest BCUT2D eigenvalue weighted by molar-refractivity contribution is 0.461. The fraction of sp³-hybridized carbons (Fsp3) is 0.154. The second-order valence-electron chi connectivity index (χ2n) is 3.92. The fourth-order valence-corrected chi connectivity index (χ4v) is 1.95. The average Bonchev–Trinajstić information content (AvgIpc) is 2.25. The molecule has 88 valence electrons. The number of halogens is 1. The number of hydrogen-bond donors (Lipinski definition) is 1. The molecular formula is C13H13BrN2O. The maximum Gasteiger partial charge on any atom is 0.222 e. The molecule has 0 atom stereocenters. The van der Waals surface area contributed by atoms with Crippen LogP contribution in [0.2, 0.25) is 0 Å². The molecule has 0 saturated carbocycles. The highest BCUT2D eigenvalue weighted by atomic mass is 79.9. The summed E-state index contributed by atoms with van der Waals surface area (Å²) in [6, 6.07) is 7.64. The zero-order valence-electron chi connectivity index (χ0n) is 9.70. The molecule has 0 bridgehead atoms. The van der Waals surface area contributed by atoms with Crippen LogP contribution in [0.1, 0.15) is 11.1 Å². The largest absolute Gasteiger partial charge is 0.437 e. The molecule has 0 radical (unpaired) electrons. The highest BCUT2D eigenvalue weighted by Gasteiger charge is 2.06. The molecular weight excluding hydrogens is 280 g/mol. The first-order chi connectivity index (χ1) is 8.06. The van der Waals surface area contributed by atoms with E-state index >= 15 is 0 Å². The van der Waals surface area contributed by atoms with Crippen molar-refractivity contribution in [3.8, 4) is 11.6 Å². The number of pyridine rings is 1. The Balaban J connectivity index is 2.31. The van der Waals surface area contributed by atoms with E-state index < -0.39 is 0 Å². The van der Waals surface area contributed by atoms with E-state index in [1.807, 2.05) is 38.1 Å². The minimum Gasteiger partial charge on any atom is -0.437 e. The highest BCUT2D eigenvalue weighted by Crippen LogP contribution is 2.29. The summed E-state index contributed by atoms with van der Waals surface area (Å²) in [7, 11) is 0. The van der Waals surface area contributed by atoms with E-state index in [-0.39, 0.29) is 0 Å². The van der Waals surface area contributed by atoms with Crippen molar-refractivity contribution in [3.05, 3.63) is 46.1 Å². The molecule has 0 aliphatic rings. The molecule has 0 aliphatic carbocycles. The molecule has 1 aromatic carbocycles. The first kappa shape index (κ1) is 11.9. The standard InChI is InChI=1S/C13H13BrN2O/c1-8-3-4-12(11(15)5-8)17-13-9(2)6-10(14)7-16-13/h3-7H,15H2,1-2H3. The zero-order chi connectivity index (χ0) is 12.4. The predicted molar refractivity (Wildman–Crippen MR) is 72.3 cm³/mol. The maximum atomic E-state index is 5.89. The lowest BCUT2D eigenvalue weighted by atomic mass is 10.2. The summed E-state index contributed by atoms with van der Waals surface area (Å²) < 4.78 is 6.62. The van der Waals surface area contributed by atoms with E-state index in [0.717, 1.165) is 15.6 Å². The lowest BCUT2D eigenvalue weighted by Crippen LogP contribution is -1.95. The molecule has 0 amide bonds. The molecule has 4 heteroatoms. The van der Waals surface area contributed by atoms with Crippen molar-refractivity contribution < 1.29 is 4.74 Å². The molecule has 3 nitrogen and oxygen atoms in total. The van der Waals surface area contributed by atoms with Crippen molar-refractivity contribution in [2.24, 2.45) is 0 Å². The monoisotopic (exact) mass is 292 g/mol. The number of nitrogens with zero attached hydrogens (tertiary/aromatic N) is 1. The molecule has 2 rings (SSSR count). The number of rotatable bonds is 2. The van der Waals surface area contributed by atoms with Crippen molar-refractivity contribution in [2.75, 3.05) is 5.73 Å². The summed E-state index contributed by atoms with van der Waals surface area (Å²) in [6.07, 6.45) is 1.70. The Morgan fingerprint density at radius 1 is 1.24 bits per heavy atom. The minimum absolute atomic E-state index is 0.573. The van der Waals surface area contributed by atoms with Gasteiger partial charge in [-0.15, -0.1) is 0 Å². The van der Waals surface area contributed by atoms with Gasteiger partial charge in [0.05, 0.1) is 5.69 Å². The van der Waals surface area contributed by atoms with Crippen LogP contribution in [0.3, 0.4) is 0 Å². The number of aromatic nitrogens is 1. The van der Waals surface area contributed by atoms with Crippen LogP contribution in [0.4, 0.5) is 5.69 Å². The van der Waals surface area contributed by atoms with Crippen LogP contribution in [0.25, 0.3) is 0 Å². The number of hydrogen-bond acceptors (Lipinski definition) is 3. The quantitative estimate of drug-likeness (QED) is 0.856. The van der Waals surface area contributed by atoms with Crippen LogP contribution in [-0.2, 0) is 0 Å². The Bertz CT molecular complexity index is 506. The first-order valence-corrected chi connectivity index (χ1v) is 6.01. The van der Waals surface area contributed by atoms with Crippen molar-refractivity contribution in [2.45, 2.75) is 13.8 Å². The molecule has 1 heterocycles. The zero-order valence-corrected chi connectivity index (χ0v) is 11.3. The smallest absolute Gasteiger partial charge is 0.222 e. The number of benzene rings is 1. The molecule has 0 spiro atoms. The topological polar surface area (TPSA) is 48.1 Å². The van der Waals surface area contributed by atoms with E-state index in [1.165, 1.54) is 0 Å². The number of nitrogen functional groups attached to an aromatic ring is 1. The molecule has 0 fully saturated rings. The van der Waals surface area contributed by atoms with Crippen molar-refractivity contribution in [1.82, 2.24) is 4.98 Å². The summed E-state index contributed by atoms with van der Waals surface area (Å²) in [5.74, 6) is 1.21. The van der Waals surface area contributed by atoms with Crippen molar-refractivity contribution in [3.63, 3.8) is 0 Å². The molecule has 1 aromatic heterocycles. The van der Waals surface area contributed by atoms with Gasteiger partial charge < -0.3 is 10.5 Å². The normalized spacial score (nSPS) is 10.3. The summed E-state index contributed by atoms with van der Waals surface area (Å²) in [5, 5.41) is 0. The van der Waals surface area contributed by atoms with Gasteiger partial charge in [-0.3, -0.25) is 0 Å². The Morgan fingerprint density at radius 3 is 2.65 bits per heavy atom. The van der Waals surface area contributed by atoms with Gasteiger partial charge in [-0.1, -0.05) is 6.07 Å². The van der Waals surface area contributed by atoms with Crippen LogP contribution < -0.4 is 10.5 Å². The van der Waals surface area contributed by atoms with Gasteiger partial charge in [-0.25, -0.2) is 4.98 Å². The predicted octanol–water partition coefficient (Wildman–Crippen LogP) is 3.84. The molecule has 17 heavy (non-hydrogen) atoms. The lowest BCUT2D eigenvalue weighted by Gasteiger charge is -2.10. The van der Waals surface area contributed by atoms with Gasteiger partial charge in [-0.05, 0) is 53.5 Å². The Morgan fingerprint density at radius 2 is 2.00 bits per heavy atom. The third-order valence-corrected chi connectivity index (χ3v) is 2.80. The van der Waals surface area contributed by atoms with Gasteiger partial charge in [0, 0.05) is 16.2 Å². The average molecular weight is 293 g/mol. The summed E-state index contributed by atoms with van der Waals surface area (Å²) in [6.45, 7) is 3.93. The summed E-state index contributed by atoms with van der Waals surface area (Å²) >= 11 is 3.36. The molecule has 0 unspecified atom stereocenters. The van der Waals surface area contributed by atoms with Gasteiger partial charge in [0.1, 0.15) is 0 Å². The number of nitrogens with two attached hydrogens (primary N) is 1. The van der Waals surface area contributed by atoms with E-state index in [4.69, 9.17) is 10.5 Å². The van der Waals surface area contributed by atoms with Crippen LogP contribution in [-0.4, -0.2) is 4.98 Å². The SMILES string of the molecule is Cc1ccc(Oc2ncc(Br)cc2C)c(N)c1. The molecule has 2 N–H and O–H groups in total. The first-order valence-electron chi connectivity index (χ1n) is 5.22. The summed E-state index contributed by atoms with van der Waals surface area (Å²) in [5.41, 5.74) is 8.57. The second kappa shape index (κ2) is 4.75. The van der Waals surface area contributed by atoms with Crippen LogP contribution in [0.15, 0.2) is 34.9 Å². The molecule has 0 aliphatic heterocycles. The number of anilines is 1.